The monoisotopic (exact) mass is 396 g/mol. The number of carbonyl (C=O) groups is 2. The topological polar surface area (TPSA) is 76.7 Å². The molecule has 3 rings (SSSR count). The molecular weight excluding hydrogens is 368 g/mol. The third kappa shape index (κ3) is 6.06. The summed E-state index contributed by atoms with van der Waals surface area (Å²) in [5, 5.41) is 5.67. The Bertz CT molecular complexity index is 827. The van der Waals surface area contributed by atoms with Gasteiger partial charge in [0, 0.05) is 24.4 Å². The van der Waals surface area contributed by atoms with Gasteiger partial charge in [-0.25, -0.2) is 0 Å². The second-order valence-corrected chi connectivity index (χ2v) is 7.45. The lowest BCUT2D eigenvalue weighted by atomic mass is 10.0. The molecule has 0 spiro atoms. The first-order chi connectivity index (χ1) is 14.0. The Balaban J connectivity index is 1.47. The second kappa shape index (κ2) is 10.1. The van der Waals surface area contributed by atoms with Crippen LogP contribution in [-0.2, 0) is 9.53 Å². The van der Waals surface area contributed by atoms with Crippen molar-refractivity contribution in [3.05, 3.63) is 59.7 Å². The van der Waals surface area contributed by atoms with E-state index in [1.165, 1.54) is 0 Å². The quantitative estimate of drug-likeness (QED) is 0.713. The summed E-state index contributed by atoms with van der Waals surface area (Å²) in [4.78, 5) is 24.4. The zero-order chi connectivity index (χ0) is 20.6. The summed E-state index contributed by atoms with van der Waals surface area (Å²) >= 11 is 0. The van der Waals surface area contributed by atoms with E-state index in [-0.39, 0.29) is 24.5 Å². The molecule has 1 atom stereocenters. The highest BCUT2D eigenvalue weighted by Gasteiger charge is 2.16. The van der Waals surface area contributed by atoms with Crippen molar-refractivity contribution in [2.24, 2.45) is 0 Å². The van der Waals surface area contributed by atoms with Crippen LogP contribution >= 0.6 is 0 Å². The summed E-state index contributed by atoms with van der Waals surface area (Å²) in [7, 11) is 0. The van der Waals surface area contributed by atoms with Crippen molar-refractivity contribution >= 4 is 17.5 Å². The zero-order valence-electron chi connectivity index (χ0n) is 16.9. The number of benzene rings is 2. The molecule has 2 N–H and O–H groups in total. The van der Waals surface area contributed by atoms with Gasteiger partial charge in [0.2, 0.25) is 0 Å². The van der Waals surface area contributed by atoms with E-state index in [1.807, 2.05) is 24.3 Å². The lowest BCUT2D eigenvalue weighted by molar-refractivity contribution is -0.118. The van der Waals surface area contributed by atoms with E-state index in [4.69, 9.17) is 9.47 Å². The van der Waals surface area contributed by atoms with Crippen LogP contribution in [0, 0.1) is 0 Å². The predicted molar refractivity (Wildman–Crippen MR) is 112 cm³/mol. The standard InChI is InChI=1S/C23H28N2O4/c1-16(2)20-7-3-4-8-21(20)29-15-22(26)25-18-11-9-17(10-12-18)23(27)24-14-19-6-5-13-28-19/h3-4,7-12,16,19H,5-6,13-15H2,1-2H3,(H,24,27)(H,25,26)/t19-/m1/s1. The molecule has 1 heterocycles. The molecule has 0 aliphatic carbocycles. The average Bonchev–Trinajstić information content (AvgIpc) is 3.25. The minimum absolute atomic E-state index is 0.0760. The van der Waals surface area contributed by atoms with Crippen LogP contribution < -0.4 is 15.4 Å². The van der Waals surface area contributed by atoms with Gasteiger partial charge in [-0.05, 0) is 54.7 Å². The van der Waals surface area contributed by atoms with E-state index in [9.17, 15) is 9.59 Å². The van der Waals surface area contributed by atoms with Gasteiger partial charge in [-0.15, -0.1) is 0 Å². The summed E-state index contributed by atoms with van der Waals surface area (Å²) in [6, 6.07) is 14.5. The van der Waals surface area contributed by atoms with Crippen molar-refractivity contribution in [3.8, 4) is 5.75 Å². The van der Waals surface area contributed by atoms with Crippen molar-refractivity contribution in [3.63, 3.8) is 0 Å². The van der Waals surface area contributed by atoms with Crippen LogP contribution in [-0.4, -0.2) is 37.7 Å². The summed E-state index contributed by atoms with van der Waals surface area (Å²) in [5.41, 5.74) is 2.23. The second-order valence-electron chi connectivity index (χ2n) is 7.45. The van der Waals surface area contributed by atoms with Crippen LogP contribution in [0.15, 0.2) is 48.5 Å². The summed E-state index contributed by atoms with van der Waals surface area (Å²) < 4.78 is 11.2. The first kappa shape index (κ1) is 20.9. The Kier molecular flexibility index (Phi) is 7.25. The van der Waals surface area contributed by atoms with Crippen molar-refractivity contribution in [2.45, 2.75) is 38.7 Å². The number of para-hydroxylation sites is 1. The molecule has 0 saturated carbocycles. The van der Waals surface area contributed by atoms with Crippen LogP contribution in [0.5, 0.6) is 5.75 Å². The highest BCUT2D eigenvalue weighted by Crippen LogP contribution is 2.25. The number of rotatable bonds is 8. The number of carbonyl (C=O) groups excluding carboxylic acids is 2. The Morgan fingerprint density at radius 3 is 2.59 bits per heavy atom. The molecule has 6 heteroatoms. The maximum atomic E-state index is 12.2. The van der Waals surface area contributed by atoms with E-state index in [2.05, 4.69) is 24.5 Å². The smallest absolute Gasteiger partial charge is 0.262 e. The first-order valence-electron chi connectivity index (χ1n) is 10.0. The van der Waals surface area contributed by atoms with Crippen LogP contribution in [0.4, 0.5) is 5.69 Å². The van der Waals surface area contributed by atoms with Crippen molar-refractivity contribution in [1.82, 2.24) is 5.32 Å². The molecule has 0 aromatic heterocycles. The Morgan fingerprint density at radius 1 is 1.14 bits per heavy atom. The maximum absolute atomic E-state index is 12.2. The fourth-order valence-corrected chi connectivity index (χ4v) is 3.25. The number of hydrogen-bond donors (Lipinski definition) is 2. The van der Waals surface area contributed by atoms with Gasteiger partial charge in [0.25, 0.3) is 11.8 Å². The maximum Gasteiger partial charge on any atom is 0.262 e. The largest absolute Gasteiger partial charge is 0.483 e. The fourth-order valence-electron chi connectivity index (χ4n) is 3.25. The van der Waals surface area contributed by atoms with Crippen molar-refractivity contribution < 1.29 is 19.1 Å². The third-order valence-electron chi connectivity index (χ3n) is 4.84. The normalized spacial score (nSPS) is 15.9. The van der Waals surface area contributed by atoms with Gasteiger partial charge >= 0.3 is 0 Å². The van der Waals surface area contributed by atoms with Gasteiger partial charge in [-0.2, -0.15) is 0 Å². The highest BCUT2D eigenvalue weighted by atomic mass is 16.5. The molecule has 1 aliphatic rings. The molecule has 1 fully saturated rings. The minimum atomic E-state index is -0.251. The SMILES string of the molecule is CC(C)c1ccccc1OCC(=O)Nc1ccc(C(=O)NC[C@H]2CCCO2)cc1. The van der Waals surface area contributed by atoms with Crippen LogP contribution in [0.2, 0.25) is 0 Å². The minimum Gasteiger partial charge on any atom is -0.483 e. The highest BCUT2D eigenvalue weighted by molar-refractivity contribution is 5.96. The van der Waals surface area contributed by atoms with Crippen molar-refractivity contribution in [2.75, 3.05) is 25.1 Å². The van der Waals surface area contributed by atoms with Crippen molar-refractivity contribution in [1.29, 1.82) is 0 Å². The van der Waals surface area contributed by atoms with E-state index >= 15 is 0 Å². The Hall–Kier alpha value is -2.86. The van der Waals surface area contributed by atoms with E-state index in [0.29, 0.717) is 23.7 Å². The Morgan fingerprint density at radius 2 is 1.90 bits per heavy atom. The molecule has 154 valence electrons. The number of amides is 2. The summed E-state index contributed by atoms with van der Waals surface area (Å²) in [6.07, 6.45) is 2.13. The van der Waals surface area contributed by atoms with Gasteiger partial charge in [0.05, 0.1) is 6.10 Å². The van der Waals surface area contributed by atoms with Crippen LogP contribution in [0.25, 0.3) is 0 Å². The van der Waals surface area contributed by atoms with Gasteiger partial charge in [-0.3, -0.25) is 9.59 Å². The van der Waals surface area contributed by atoms with Gasteiger partial charge in [-0.1, -0.05) is 32.0 Å². The molecule has 1 aliphatic heterocycles. The lowest BCUT2D eigenvalue weighted by Crippen LogP contribution is -2.31. The number of anilines is 1. The zero-order valence-corrected chi connectivity index (χ0v) is 16.9. The van der Waals surface area contributed by atoms with E-state index < -0.39 is 0 Å². The summed E-state index contributed by atoms with van der Waals surface area (Å²) in [6.45, 7) is 5.38. The van der Waals surface area contributed by atoms with Gasteiger partial charge in [0.1, 0.15) is 5.75 Å². The fraction of sp³-hybridized carbons (Fsp3) is 0.391. The van der Waals surface area contributed by atoms with E-state index in [1.54, 1.807) is 24.3 Å². The molecule has 2 aromatic carbocycles. The van der Waals surface area contributed by atoms with E-state index in [0.717, 1.165) is 30.8 Å². The molecule has 0 unspecified atom stereocenters. The lowest BCUT2D eigenvalue weighted by Gasteiger charge is -2.14. The van der Waals surface area contributed by atoms with Gasteiger partial charge < -0.3 is 20.1 Å². The molecule has 2 amide bonds. The Labute approximate surface area is 171 Å². The van der Waals surface area contributed by atoms with Crippen LogP contribution in [0.1, 0.15) is 48.5 Å². The molecule has 6 nitrogen and oxygen atoms in total. The third-order valence-corrected chi connectivity index (χ3v) is 4.84. The number of ether oxygens (including phenoxy) is 2. The molecule has 0 radical (unpaired) electrons. The van der Waals surface area contributed by atoms with Gasteiger partial charge in [0.15, 0.2) is 6.61 Å². The predicted octanol–water partition coefficient (Wildman–Crippen LogP) is 3.74. The first-order valence-corrected chi connectivity index (χ1v) is 10.0. The number of hydrogen-bond acceptors (Lipinski definition) is 4. The van der Waals surface area contributed by atoms with Crippen LogP contribution in [0.3, 0.4) is 0 Å². The molecule has 29 heavy (non-hydrogen) atoms. The average molecular weight is 396 g/mol. The molecular formula is C23H28N2O4. The molecule has 0 bridgehead atoms. The molecule has 1 saturated heterocycles. The number of nitrogens with one attached hydrogen (secondary N) is 2. The molecule has 2 aromatic rings. The summed E-state index contributed by atoms with van der Waals surface area (Å²) in [5.74, 6) is 0.634.